The average Bonchev–Trinajstić information content (AvgIpc) is 2.76. The second kappa shape index (κ2) is 5.77. The molecule has 0 saturated carbocycles. The van der Waals surface area contributed by atoms with Crippen LogP contribution in [-0.4, -0.2) is 20.7 Å². The molecule has 6 heteroatoms. The maximum atomic E-state index is 12.1. The molecule has 0 fully saturated rings. The Balaban J connectivity index is 1.76. The number of aromatic nitrogens is 3. The zero-order valence-corrected chi connectivity index (χ0v) is 13.1. The summed E-state index contributed by atoms with van der Waals surface area (Å²) < 4.78 is 1.73. The highest BCUT2D eigenvalue weighted by molar-refractivity contribution is 6.30. The number of pyridine rings is 1. The third-order valence-corrected chi connectivity index (χ3v) is 3.68. The first-order chi connectivity index (χ1) is 10.5. The third-order valence-electron chi connectivity index (χ3n) is 3.42. The van der Waals surface area contributed by atoms with E-state index in [-0.39, 0.29) is 5.91 Å². The maximum absolute atomic E-state index is 12.1. The molecule has 0 unspecified atom stereocenters. The molecule has 1 amide bonds. The summed E-state index contributed by atoms with van der Waals surface area (Å²) in [7, 11) is 1.85. The Kier molecular flexibility index (Phi) is 3.81. The molecular formula is C16H15ClN4O. The smallest absolute Gasteiger partial charge is 0.228 e. The summed E-state index contributed by atoms with van der Waals surface area (Å²) in [4.78, 5) is 16.4. The van der Waals surface area contributed by atoms with Crippen LogP contribution in [0.1, 0.15) is 11.3 Å². The lowest BCUT2D eigenvalue weighted by Gasteiger charge is -2.05. The SMILES string of the molecule is Cc1nn(C)c2ncc(NC(=O)Cc3ccc(Cl)cc3)cc12. The fourth-order valence-electron chi connectivity index (χ4n) is 2.37. The van der Waals surface area contributed by atoms with Crippen LogP contribution in [0.4, 0.5) is 5.69 Å². The third kappa shape index (κ3) is 2.94. The van der Waals surface area contributed by atoms with Gasteiger partial charge in [0.15, 0.2) is 5.65 Å². The number of benzene rings is 1. The van der Waals surface area contributed by atoms with Crippen LogP contribution < -0.4 is 5.32 Å². The number of aryl methyl sites for hydroxylation is 2. The van der Waals surface area contributed by atoms with Crippen molar-refractivity contribution in [3.8, 4) is 0 Å². The van der Waals surface area contributed by atoms with Gasteiger partial charge in [-0.1, -0.05) is 23.7 Å². The first kappa shape index (κ1) is 14.5. The molecule has 0 aliphatic rings. The topological polar surface area (TPSA) is 59.8 Å². The van der Waals surface area contributed by atoms with Crippen LogP contribution in [0.2, 0.25) is 5.02 Å². The lowest BCUT2D eigenvalue weighted by atomic mass is 10.1. The molecule has 0 spiro atoms. The number of anilines is 1. The van der Waals surface area contributed by atoms with Crippen LogP contribution in [0.25, 0.3) is 11.0 Å². The molecule has 1 N–H and O–H groups in total. The number of nitrogens with zero attached hydrogens (tertiary/aromatic N) is 3. The first-order valence-corrected chi connectivity index (χ1v) is 7.24. The molecule has 0 saturated heterocycles. The summed E-state index contributed by atoms with van der Waals surface area (Å²) in [6, 6.07) is 9.13. The Hall–Kier alpha value is -2.40. The second-order valence-electron chi connectivity index (χ2n) is 5.16. The van der Waals surface area contributed by atoms with E-state index in [2.05, 4.69) is 15.4 Å². The van der Waals surface area contributed by atoms with E-state index in [1.165, 1.54) is 0 Å². The van der Waals surface area contributed by atoms with Crippen molar-refractivity contribution in [1.29, 1.82) is 0 Å². The Labute approximate surface area is 132 Å². The summed E-state index contributed by atoms with van der Waals surface area (Å²) >= 11 is 5.83. The van der Waals surface area contributed by atoms with Gasteiger partial charge in [0.2, 0.25) is 5.91 Å². The molecule has 5 nitrogen and oxygen atoms in total. The quantitative estimate of drug-likeness (QED) is 0.808. The standard InChI is InChI=1S/C16H15ClN4O/c1-10-14-8-13(9-18-16(14)21(2)20-10)19-15(22)7-11-3-5-12(17)6-4-11/h3-6,8-9H,7H2,1-2H3,(H,19,22). The minimum atomic E-state index is -0.0926. The molecule has 0 aliphatic carbocycles. The van der Waals surface area contributed by atoms with Crippen molar-refractivity contribution in [3.63, 3.8) is 0 Å². The van der Waals surface area contributed by atoms with E-state index < -0.39 is 0 Å². The van der Waals surface area contributed by atoms with Gasteiger partial charge >= 0.3 is 0 Å². The van der Waals surface area contributed by atoms with Gasteiger partial charge in [-0.15, -0.1) is 0 Å². The number of hydrogen-bond acceptors (Lipinski definition) is 3. The van der Waals surface area contributed by atoms with Crippen molar-refractivity contribution in [3.05, 3.63) is 52.8 Å². The van der Waals surface area contributed by atoms with Crippen LogP contribution in [0.3, 0.4) is 0 Å². The highest BCUT2D eigenvalue weighted by atomic mass is 35.5. The maximum Gasteiger partial charge on any atom is 0.228 e. The van der Waals surface area contributed by atoms with E-state index in [0.717, 1.165) is 22.3 Å². The van der Waals surface area contributed by atoms with E-state index >= 15 is 0 Å². The van der Waals surface area contributed by atoms with Gasteiger partial charge in [-0.25, -0.2) is 4.98 Å². The van der Waals surface area contributed by atoms with Gasteiger partial charge in [0.05, 0.1) is 24.0 Å². The van der Waals surface area contributed by atoms with Gasteiger partial charge in [-0.2, -0.15) is 5.10 Å². The van der Waals surface area contributed by atoms with E-state index in [0.29, 0.717) is 17.1 Å². The average molecular weight is 315 g/mol. The number of carbonyl (C=O) groups is 1. The summed E-state index contributed by atoms with van der Waals surface area (Å²) in [5.74, 6) is -0.0926. The molecule has 3 aromatic rings. The van der Waals surface area contributed by atoms with E-state index in [4.69, 9.17) is 11.6 Å². The monoisotopic (exact) mass is 314 g/mol. The van der Waals surface area contributed by atoms with Crippen molar-refractivity contribution >= 4 is 34.2 Å². The van der Waals surface area contributed by atoms with Gasteiger partial charge in [0, 0.05) is 17.5 Å². The Morgan fingerprint density at radius 1 is 1.32 bits per heavy atom. The molecule has 2 aromatic heterocycles. The molecular weight excluding hydrogens is 300 g/mol. The molecule has 112 valence electrons. The minimum Gasteiger partial charge on any atom is -0.324 e. The molecule has 0 aliphatic heterocycles. The van der Waals surface area contributed by atoms with Crippen molar-refractivity contribution in [2.75, 3.05) is 5.32 Å². The summed E-state index contributed by atoms with van der Waals surface area (Å²) in [5, 5.41) is 8.77. The van der Waals surface area contributed by atoms with Crippen LogP contribution >= 0.6 is 11.6 Å². The summed E-state index contributed by atoms with van der Waals surface area (Å²) in [6.45, 7) is 1.92. The molecule has 2 heterocycles. The van der Waals surface area contributed by atoms with Crippen molar-refractivity contribution < 1.29 is 4.79 Å². The molecule has 0 atom stereocenters. The van der Waals surface area contributed by atoms with Gasteiger partial charge in [-0.3, -0.25) is 9.48 Å². The zero-order valence-electron chi connectivity index (χ0n) is 12.3. The van der Waals surface area contributed by atoms with Gasteiger partial charge in [0.25, 0.3) is 0 Å². The second-order valence-corrected chi connectivity index (χ2v) is 5.59. The fraction of sp³-hybridized carbons (Fsp3) is 0.188. The van der Waals surface area contributed by atoms with Crippen LogP contribution in [0.5, 0.6) is 0 Å². The van der Waals surface area contributed by atoms with Crippen molar-refractivity contribution in [2.24, 2.45) is 7.05 Å². The van der Waals surface area contributed by atoms with E-state index in [1.807, 2.05) is 32.2 Å². The lowest BCUT2D eigenvalue weighted by molar-refractivity contribution is -0.115. The Morgan fingerprint density at radius 3 is 2.77 bits per heavy atom. The number of rotatable bonds is 3. The van der Waals surface area contributed by atoms with Crippen LogP contribution in [0.15, 0.2) is 36.5 Å². The van der Waals surface area contributed by atoms with Crippen LogP contribution in [0, 0.1) is 6.92 Å². The van der Waals surface area contributed by atoms with Gasteiger partial charge < -0.3 is 5.32 Å². The molecule has 3 rings (SSSR count). The van der Waals surface area contributed by atoms with E-state index in [1.54, 1.807) is 23.0 Å². The predicted octanol–water partition coefficient (Wildman–Crippen LogP) is 3.11. The zero-order chi connectivity index (χ0) is 15.7. The molecule has 22 heavy (non-hydrogen) atoms. The minimum absolute atomic E-state index is 0.0926. The highest BCUT2D eigenvalue weighted by Gasteiger charge is 2.09. The summed E-state index contributed by atoms with van der Waals surface area (Å²) in [5.41, 5.74) is 3.27. The number of nitrogens with one attached hydrogen (secondary N) is 1. The number of fused-ring (bicyclic) bond motifs is 1. The summed E-state index contributed by atoms with van der Waals surface area (Å²) in [6.07, 6.45) is 1.93. The fourth-order valence-corrected chi connectivity index (χ4v) is 2.50. The number of amides is 1. The van der Waals surface area contributed by atoms with Gasteiger partial charge in [-0.05, 0) is 30.7 Å². The number of carbonyl (C=O) groups excluding carboxylic acids is 1. The number of hydrogen-bond donors (Lipinski definition) is 1. The highest BCUT2D eigenvalue weighted by Crippen LogP contribution is 2.19. The van der Waals surface area contributed by atoms with E-state index in [9.17, 15) is 4.79 Å². The lowest BCUT2D eigenvalue weighted by Crippen LogP contribution is -2.14. The Bertz CT molecular complexity index is 839. The number of halogens is 1. The van der Waals surface area contributed by atoms with Crippen LogP contribution in [-0.2, 0) is 18.3 Å². The molecule has 1 aromatic carbocycles. The van der Waals surface area contributed by atoms with Crippen molar-refractivity contribution in [2.45, 2.75) is 13.3 Å². The predicted molar refractivity (Wildman–Crippen MR) is 87.0 cm³/mol. The first-order valence-electron chi connectivity index (χ1n) is 6.86. The molecule has 0 bridgehead atoms. The van der Waals surface area contributed by atoms with Gasteiger partial charge in [0.1, 0.15) is 0 Å². The Morgan fingerprint density at radius 2 is 2.05 bits per heavy atom. The normalized spacial score (nSPS) is 10.9. The van der Waals surface area contributed by atoms with Crippen molar-refractivity contribution in [1.82, 2.24) is 14.8 Å². The molecule has 0 radical (unpaired) electrons. The largest absolute Gasteiger partial charge is 0.324 e.